The summed E-state index contributed by atoms with van der Waals surface area (Å²) >= 11 is 0. The summed E-state index contributed by atoms with van der Waals surface area (Å²) in [4.78, 5) is 4.04. The molecule has 2 nitrogen and oxygen atoms in total. The third-order valence-electron chi connectivity index (χ3n) is 2.13. The minimum absolute atomic E-state index is 0.147. The van der Waals surface area contributed by atoms with Crippen molar-refractivity contribution < 1.29 is 5.11 Å². The summed E-state index contributed by atoms with van der Waals surface area (Å²) in [6.07, 6.45) is 6.14. The Morgan fingerprint density at radius 2 is 2.36 bits per heavy atom. The van der Waals surface area contributed by atoms with Crippen molar-refractivity contribution in [3.05, 3.63) is 29.6 Å². The lowest BCUT2D eigenvalue weighted by Crippen LogP contribution is -1.92. The Labute approximate surface area is 65.9 Å². The molecule has 0 atom stereocenters. The van der Waals surface area contributed by atoms with E-state index >= 15 is 0 Å². The summed E-state index contributed by atoms with van der Waals surface area (Å²) < 4.78 is 0. The lowest BCUT2D eigenvalue weighted by atomic mass is 10.1. The molecular weight excluding hydrogens is 138 g/mol. The highest BCUT2D eigenvalue weighted by atomic mass is 16.3. The van der Waals surface area contributed by atoms with Gasteiger partial charge in [-0.2, -0.15) is 0 Å². The number of aromatic nitrogens is 1. The molecule has 1 fully saturated rings. The van der Waals surface area contributed by atoms with Gasteiger partial charge in [-0.3, -0.25) is 4.98 Å². The van der Waals surface area contributed by atoms with E-state index in [1.165, 1.54) is 18.4 Å². The van der Waals surface area contributed by atoms with Crippen molar-refractivity contribution in [2.45, 2.75) is 25.4 Å². The largest absolute Gasteiger partial charge is 0.392 e. The standard InChI is InChI=1S/C9H11NO/c11-6-8-3-4-10-5-9(8)7-1-2-7/h3-5,7,11H,1-2,6H2. The van der Waals surface area contributed by atoms with Crippen molar-refractivity contribution in [1.29, 1.82) is 0 Å². The molecule has 1 aromatic rings. The number of aliphatic hydroxyl groups is 1. The number of hydrogen-bond acceptors (Lipinski definition) is 2. The molecular formula is C9H11NO. The molecule has 1 heterocycles. The maximum Gasteiger partial charge on any atom is 0.0685 e. The smallest absolute Gasteiger partial charge is 0.0685 e. The summed E-state index contributed by atoms with van der Waals surface area (Å²) in [5.74, 6) is 0.686. The van der Waals surface area contributed by atoms with Crippen molar-refractivity contribution >= 4 is 0 Å². The van der Waals surface area contributed by atoms with E-state index in [1.807, 2.05) is 12.3 Å². The van der Waals surface area contributed by atoms with Crippen molar-refractivity contribution in [3.8, 4) is 0 Å². The molecule has 0 saturated heterocycles. The lowest BCUT2D eigenvalue weighted by Gasteiger charge is -2.02. The normalized spacial score (nSPS) is 16.8. The zero-order valence-electron chi connectivity index (χ0n) is 6.33. The highest BCUT2D eigenvalue weighted by molar-refractivity contribution is 5.29. The van der Waals surface area contributed by atoms with Crippen LogP contribution in [0.3, 0.4) is 0 Å². The fourth-order valence-corrected chi connectivity index (χ4v) is 1.34. The predicted molar refractivity (Wildman–Crippen MR) is 42.1 cm³/mol. The zero-order chi connectivity index (χ0) is 7.68. The fraction of sp³-hybridized carbons (Fsp3) is 0.444. The number of hydrogen-bond donors (Lipinski definition) is 1. The van der Waals surface area contributed by atoms with Gasteiger partial charge in [0, 0.05) is 12.4 Å². The number of aliphatic hydroxyl groups excluding tert-OH is 1. The molecule has 1 aliphatic rings. The van der Waals surface area contributed by atoms with Gasteiger partial charge in [0.1, 0.15) is 0 Å². The molecule has 1 aliphatic carbocycles. The van der Waals surface area contributed by atoms with Crippen LogP contribution in [0.2, 0.25) is 0 Å². The van der Waals surface area contributed by atoms with Gasteiger partial charge in [-0.25, -0.2) is 0 Å². The first-order valence-electron chi connectivity index (χ1n) is 3.95. The van der Waals surface area contributed by atoms with E-state index in [0.29, 0.717) is 5.92 Å². The molecule has 0 spiro atoms. The Bertz CT molecular complexity index is 255. The highest BCUT2D eigenvalue weighted by Gasteiger charge is 2.25. The lowest BCUT2D eigenvalue weighted by molar-refractivity contribution is 0.280. The van der Waals surface area contributed by atoms with Crippen LogP contribution in [0, 0.1) is 0 Å². The molecule has 2 heteroatoms. The van der Waals surface area contributed by atoms with Crippen LogP contribution in [0.15, 0.2) is 18.5 Å². The quantitative estimate of drug-likeness (QED) is 0.690. The Morgan fingerprint density at radius 3 is 3.00 bits per heavy atom. The molecule has 0 amide bonds. The summed E-state index contributed by atoms with van der Waals surface area (Å²) in [5, 5.41) is 8.97. The Balaban J connectivity index is 2.34. The monoisotopic (exact) mass is 149 g/mol. The highest BCUT2D eigenvalue weighted by Crippen LogP contribution is 2.41. The first-order valence-corrected chi connectivity index (χ1v) is 3.95. The molecule has 58 valence electrons. The summed E-state index contributed by atoms with van der Waals surface area (Å²) in [6, 6.07) is 1.90. The number of nitrogens with zero attached hydrogens (tertiary/aromatic N) is 1. The molecule has 0 radical (unpaired) electrons. The van der Waals surface area contributed by atoms with E-state index in [4.69, 9.17) is 5.11 Å². The van der Waals surface area contributed by atoms with Gasteiger partial charge >= 0.3 is 0 Å². The van der Waals surface area contributed by atoms with E-state index < -0.39 is 0 Å². The van der Waals surface area contributed by atoms with Crippen LogP contribution in [-0.2, 0) is 6.61 Å². The van der Waals surface area contributed by atoms with Gasteiger partial charge in [-0.05, 0) is 36.0 Å². The van der Waals surface area contributed by atoms with Gasteiger partial charge in [0.25, 0.3) is 0 Å². The molecule has 0 aromatic carbocycles. The minimum Gasteiger partial charge on any atom is -0.392 e. The van der Waals surface area contributed by atoms with E-state index in [0.717, 1.165) is 5.56 Å². The van der Waals surface area contributed by atoms with E-state index in [2.05, 4.69) is 4.98 Å². The van der Waals surface area contributed by atoms with Crippen LogP contribution in [-0.4, -0.2) is 10.1 Å². The summed E-state index contributed by atoms with van der Waals surface area (Å²) in [6.45, 7) is 0.147. The van der Waals surface area contributed by atoms with E-state index in [-0.39, 0.29) is 6.61 Å². The SMILES string of the molecule is OCc1ccncc1C1CC1. The molecule has 11 heavy (non-hydrogen) atoms. The second kappa shape index (κ2) is 2.62. The maximum absolute atomic E-state index is 8.97. The number of pyridine rings is 1. The zero-order valence-corrected chi connectivity index (χ0v) is 6.33. The third kappa shape index (κ3) is 1.26. The number of rotatable bonds is 2. The van der Waals surface area contributed by atoms with Crippen LogP contribution >= 0.6 is 0 Å². The van der Waals surface area contributed by atoms with Gasteiger partial charge in [0.15, 0.2) is 0 Å². The molecule has 1 aromatic heterocycles. The van der Waals surface area contributed by atoms with Crippen LogP contribution < -0.4 is 0 Å². The molecule has 1 N–H and O–H groups in total. The second-order valence-corrected chi connectivity index (χ2v) is 3.01. The molecule has 2 rings (SSSR count). The van der Waals surface area contributed by atoms with Gasteiger partial charge in [-0.15, -0.1) is 0 Å². The van der Waals surface area contributed by atoms with Gasteiger partial charge in [-0.1, -0.05) is 0 Å². The average Bonchev–Trinajstić information content (AvgIpc) is 2.87. The van der Waals surface area contributed by atoms with Crippen molar-refractivity contribution in [3.63, 3.8) is 0 Å². The Kier molecular flexibility index (Phi) is 1.62. The van der Waals surface area contributed by atoms with Crippen LogP contribution in [0.25, 0.3) is 0 Å². The first-order chi connectivity index (χ1) is 5.42. The third-order valence-corrected chi connectivity index (χ3v) is 2.13. The van der Waals surface area contributed by atoms with Gasteiger partial charge in [0.2, 0.25) is 0 Å². The Morgan fingerprint density at radius 1 is 1.55 bits per heavy atom. The van der Waals surface area contributed by atoms with Crippen molar-refractivity contribution in [2.24, 2.45) is 0 Å². The van der Waals surface area contributed by atoms with Crippen LogP contribution in [0.4, 0.5) is 0 Å². The van der Waals surface area contributed by atoms with Crippen molar-refractivity contribution in [1.82, 2.24) is 4.98 Å². The first kappa shape index (κ1) is 6.80. The maximum atomic E-state index is 8.97. The molecule has 0 bridgehead atoms. The summed E-state index contributed by atoms with van der Waals surface area (Å²) in [5.41, 5.74) is 2.29. The Hall–Kier alpha value is -0.890. The van der Waals surface area contributed by atoms with Gasteiger partial charge < -0.3 is 5.11 Å². The molecule has 0 unspecified atom stereocenters. The van der Waals surface area contributed by atoms with Crippen LogP contribution in [0.1, 0.15) is 29.9 Å². The topological polar surface area (TPSA) is 33.1 Å². The molecule has 1 saturated carbocycles. The molecule has 0 aliphatic heterocycles. The fourth-order valence-electron chi connectivity index (χ4n) is 1.34. The van der Waals surface area contributed by atoms with Gasteiger partial charge in [0.05, 0.1) is 6.61 Å². The van der Waals surface area contributed by atoms with E-state index in [9.17, 15) is 0 Å². The predicted octanol–water partition coefficient (Wildman–Crippen LogP) is 1.45. The van der Waals surface area contributed by atoms with E-state index in [1.54, 1.807) is 6.20 Å². The average molecular weight is 149 g/mol. The van der Waals surface area contributed by atoms with Crippen molar-refractivity contribution in [2.75, 3.05) is 0 Å². The minimum atomic E-state index is 0.147. The second-order valence-electron chi connectivity index (χ2n) is 3.01. The summed E-state index contributed by atoms with van der Waals surface area (Å²) in [7, 11) is 0. The van der Waals surface area contributed by atoms with Crippen LogP contribution in [0.5, 0.6) is 0 Å².